The summed E-state index contributed by atoms with van der Waals surface area (Å²) in [4.78, 5) is 4.18. The van der Waals surface area contributed by atoms with Crippen LogP contribution in [0.3, 0.4) is 0 Å². The first kappa shape index (κ1) is 10.9. The van der Waals surface area contributed by atoms with E-state index in [1.807, 2.05) is 25.1 Å². The van der Waals surface area contributed by atoms with Crippen molar-refractivity contribution < 1.29 is 0 Å². The van der Waals surface area contributed by atoms with Crippen LogP contribution < -0.4 is 5.43 Å². The van der Waals surface area contributed by atoms with Gasteiger partial charge in [-0.05, 0) is 19.9 Å². The molecule has 0 aromatic carbocycles. The molecule has 0 radical (unpaired) electrons. The molecule has 12 heavy (non-hydrogen) atoms. The third kappa shape index (κ3) is 4.68. The molecule has 1 N–H and O–H groups in total. The Morgan fingerprint density at radius 2 is 2.33 bits per heavy atom. The molecule has 0 aromatic heterocycles. The third-order valence-corrected chi connectivity index (χ3v) is 1.39. The second-order valence-corrected chi connectivity index (χ2v) is 2.30. The Bertz CT molecular complexity index is 178. The number of allylic oxidation sites excluding steroid dienone is 3. The minimum atomic E-state index is 0.890. The van der Waals surface area contributed by atoms with Crippen LogP contribution in [0.2, 0.25) is 0 Å². The topological polar surface area (TPSA) is 27.6 Å². The fraction of sp³-hybridized carbons (Fsp3) is 0.444. The van der Waals surface area contributed by atoms with Crippen LogP contribution in [0, 0.1) is 0 Å². The first-order valence-corrected chi connectivity index (χ1v) is 4.02. The summed E-state index contributed by atoms with van der Waals surface area (Å²) < 4.78 is 0. The fourth-order valence-corrected chi connectivity index (χ4v) is 0.672. The zero-order valence-electron chi connectivity index (χ0n) is 8.04. The third-order valence-electron chi connectivity index (χ3n) is 1.39. The molecular formula is C9H17N3. The molecule has 0 aliphatic carbocycles. The van der Waals surface area contributed by atoms with Gasteiger partial charge in [0.1, 0.15) is 6.34 Å². The molecule has 0 aliphatic heterocycles. The normalized spacial score (nSPS) is 12.1. The van der Waals surface area contributed by atoms with Gasteiger partial charge in [0, 0.05) is 19.3 Å². The molecule has 3 heteroatoms. The Labute approximate surface area is 74.5 Å². The van der Waals surface area contributed by atoms with Crippen molar-refractivity contribution in [3.63, 3.8) is 0 Å². The monoisotopic (exact) mass is 167 g/mol. The zero-order valence-corrected chi connectivity index (χ0v) is 8.04. The maximum atomic E-state index is 4.18. The lowest BCUT2D eigenvalue weighted by Gasteiger charge is -2.14. The minimum absolute atomic E-state index is 0.890. The molecule has 0 amide bonds. The SMILES string of the molecule is C=C/C=C(C)/N=C\N(CC)NC. The van der Waals surface area contributed by atoms with Gasteiger partial charge in [0.15, 0.2) is 0 Å². The molecule has 0 aliphatic rings. The Balaban J connectivity index is 4.02. The first-order chi connectivity index (χ1) is 5.74. The van der Waals surface area contributed by atoms with Crippen LogP contribution in [-0.4, -0.2) is 24.9 Å². The van der Waals surface area contributed by atoms with E-state index in [1.54, 1.807) is 12.4 Å². The first-order valence-electron chi connectivity index (χ1n) is 4.02. The van der Waals surface area contributed by atoms with Gasteiger partial charge < -0.3 is 0 Å². The fourth-order valence-electron chi connectivity index (χ4n) is 0.672. The van der Waals surface area contributed by atoms with E-state index < -0.39 is 0 Å². The highest BCUT2D eigenvalue weighted by atomic mass is 15.5. The van der Waals surface area contributed by atoms with Gasteiger partial charge in [-0.15, -0.1) is 0 Å². The second kappa shape index (κ2) is 6.61. The molecule has 0 unspecified atom stereocenters. The predicted octanol–water partition coefficient (Wildman–Crippen LogP) is 1.56. The van der Waals surface area contributed by atoms with Crippen molar-refractivity contribution in [1.82, 2.24) is 10.4 Å². The van der Waals surface area contributed by atoms with Gasteiger partial charge in [-0.2, -0.15) is 0 Å². The van der Waals surface area contributed by atoms with Crippen molar-refractivity contribution in [2.45, 2.75) is 13.8 Å². The van der Waals surface area contributed by atoms with E-state index in [-0.39, 0.29) is 0 Å². The molecule has 0 bridgehead atoms. The van der Waals surface area contributed by atoms with Gasteiger partial charge >= 0.3 is 0 Å². The van der Waals surface area contributed by atoms with E-state index in [1.165, 1.54) is 0 Å². The maximum absolute atomic E-state index is 4.18. The van der Waals surface area contributed by atoms with E-state index in [2.05, 4.69) is 23.9 Å². The molecule has 0 heterocycles. The van der Waals surface area contributed by atoms with Crippen molar-refractivity contribution in [3.05, 3.63) is 24.4 Å². The molecular weight excluding hydrogens is 150 g/mol. The molecule has 0 saturated carbocycles. The summed E-state index contributed by atoms with van der Waals surface area (Å²) in [5.74, 6) is 0. The lowest BCUT2D eigenvalue weighted by Crippen LogP contribution is -2.33. The molecule has 0 aromatic rings. The summed E-state index contributed by atoms with van der Waals surface area (Å²) in [7, 11) is 1.86. The van der Waals surface area contributed by atoms with Crippen molar-refractivity contribution >= 4 is 6.34 Å². The Morgan fingerprint density at radius 3 is 2.75 bits per heavy atom. The molecule has 0 spiro atoms. The molecule has 0 saturated heterocycles. The number of hydrogen-bond donors (Lipinski definition) is 1. The van der Waals surface area contributed by atoms with E-state index in [4.69, 9.17) is 0 Å². The van der Waals surface area contributed by atoms with Gasteiger partial charge in [-0.25, -0.2) is 10.4 Å². The highest BCUT2D eigenvalue weighted by Gasteiger charge is 1.88. The van der Waals surface area contributed by atoms with Crippen LogP contribution in [0.4, 0.5) is 0 Å². The smallest absolute Gasteiger partial charge is 0.105 e. The number of nitrogens with one attached hydrogen (secondary N) is 1. The summed E-state index contributed by atoms with van der Waals surface area (Å²) in [5, 5.41) is 1.89. The Hall–Kier alpha value is -1.09. The lowest BCUT2D eigenvalue weighted by atomic mass is 10.4. The summed E-state index contributed by atoms with van der Waals surface area (Å²) >= 11 is 0. The van der Waals surface area contributed by atoms with Gasteiger partial charge in [0.2, 0.25) is 0 Å². The van der Waals surface area contributed by atoms with Crippen molar-refractivity contribution in [3.8, 4) is 0 Å². The quantitative estimate of drug-likeness (QED) is 0.291. The standard InChI is InChI=1S/C9H17N3/c1-5-7-9(3)11-8-12(6-2)10-4/h5,7-8,10H,1,6H2,2-4H3/b9-7+,11-8-. The van der Waals surface area contributed by atoms with Crippen LogP contribution in [0.15, 0.2) is 29.4 Å². The van der Waals surface area contributed by atoms with E-state index in [0.29, 0.717) is 0 Å². The maximum Gasteiger partial charge on any atom is 0.105 e. The summed E-state index contributed by atoms with van der Waals surface area (Å²) in [6.07, 6.45) is 5.34. The van der Waals surface area contributed by atoms with Gasteiger partial charge in [-0.3, -0.25) is 5.01 Å². The molecule has 0 atom stereocenters. The van der Waals surface area contributed by atoms with E-state index in [0.717, 1.165) is 12.2 Å². The number of rotatable bonds is 5. The molecule has 3 nitrogen and oxygen atoms in total. The molecule has 68 valence electrons. The second-order valence-electron chi connectivity index (χ2n) is 2.30. The number of aliphatic imine (C=N–C) groups is 1. The van der Waals surface area contributed by atoms with Crippen molar-refractivity contribution in [1.29, 1.82) is 0 Å². The number of nitrogens with zero attached hydrogens (tertiary/aromatic N) is 2. The number of hydrazine groups is 1. The van der Waals surface area contributed by atoms with Gasteiger partial charge in [-0.1, -0.05) is 12.7 Å². The number of hydrogen-bond acceptors (Lipinski definition) is 2. The molecule has 0 fully saturated rings. The van der Waals surface area contributed by atoms with E-state index in [9.17, 15) is 0 Å². The average molecular weight is 167 g/mol. The van der Waals surface area contributed by atoms with Crippen molar-refractivity contribution in [2.75, 3.05) is 13.6 Å². The van der Waals surface area contributed by atoms with Crippen LogP contribution in [0.1, 0.15) is 13.8 Å². The lowest BCUT2D eigenvalue weighted by molar-refractivity contribution is 0.367. The van der Waals surface area contributed by atoms with Crippen LogP contribution in [0.5, 0.6) is 0 Å². The van der Waals surface area contributed by atoms with E-state index >= 15 is 0 Å². The van der Waals surface area contributed by atoms with Crippen LogP contribution in [-0.2, 0) is 0 Å². The van der Waals surface area contributed by atoms with Crippen LogP contribution in [0.25, 0.3) is 0 Å². The minimum Gasteiger partial charge on any atom is -0.299 e. The Kier molecular flexibility index (Phi) is 6.01. The van der Waals surface area contributed by atoms with Gasteiger partial charge in [0.25, 0.3) is 0 Å². The summed E-state index contributed by atoms with van der Waals surface area (Å²) in [6, 6.07) is 0. The highest BCUT2D eigenvalue weighted by Crippen LogP contribution is 1.92. The summed E-state index contributed by atoms with van der Waals surface area (Å²) in [5.41, 5.74) is 3.92. The molecule has 0 rings (SSSR count). The average Bonchev–Trinajstić information content (AvgIpc) is 2.07. The van der Waals surface area contributed by atoms with Crippen molar-refractivity contribution in [2.24, 2.45) is 4.99 Å². The van der Waals surface area contributed by atoms with Crippen LogP contribution >= 0.6 is 0 Å². The zero-order chi connectivity index (χ0) is 9.40. The summed E-state index contributed by atoms with van der Waals surface area (Å²) in [6.45, 7) is 8.46. The Morgan fingerprint density at radius 1 is 1.67 bits per heavy atom. The highest BCUT2D eigenvalue weighted by molar-refractivity contribution is 5.55. The predicted molar refractivity (Wildman–Crippen MR) is 53.9 cm³/mol. The van der Waals surface area contributed by atoms with Gasteiger partial charge in [0.05, 0.1) is 0 Å². The largest absolute Gasteiger partial charge is 0.299 e.